The van der Waals surface area contributed by atoms with Gasteiger partial charge in [0.2, 0.25) is 0 Å². The molecule has 0 aliphatic carbocycles. The van der Waals surface area contributed by atoms with E-state index in [1.54, 1.807) is 18.4 Å². The van der Waals surface area contributed by atoms with Gasteiger partial charge < -0.3 is 5.11 Å². The minimum atomic E-state index is -4.68. The highest BCUT2D eigenvalue weighted by Gasteiger charge is 2.37. The standard InChI is InChI=1S/C26H24F3N3O2S/c1-16-13-18(17-7-5-8-19(14-17)35(4)34)10-11-20(16)22-15-23(25(2,3)33)31-32(22)21-9-6-12-30-24(21)26(27,28)29/h5-15,33H,1-4H3. The average Bonchev–Trinajstić information content (AvgIpc) is 3.24. The number of aryl methyl sites for hydroxylation is 1. The van der Waals surface area contributed by atoms with Crippen LogP contribution >= 0.6 is 0 Å². The van der Waals surface area contributed by atoms with Crippen LogP contribution in [0.25, 0.3) is 28.1 Å². The highest BCUT2D eigenvalue weighted by Crippen LogP contribution is 2.37. The van der Waals surface area contributed by atoms with Gasteiger partial charge in [-0.3, -0.25) is 4.21 Å². The number of pyridine rings is 1. The van der Waals surface area contributed by atoms with Crippen LogP contribution in [0.2, 0.25) is 0 Å². The quantitative estimate of drug-likeness (QED) is 0.372. The van der Waals surface area contributed by atoms with Crippen molar-refractivity contribution in [1.82, 2.24) is 14.8 Å². The Morgan fingerprint density at radius 1 is 0.971 bits per heavy atom. The Balaban J connectivity index is 1.89. The maximum Gasteiger partial charge on any atom is 0.435 e. The summed E-state index contributed by atoms with van der Waals surface area (Å²) in [4.78, 5) is 4.26. The predicted molar refractivity (Wildman–Crippen MR) is 130 cm³/mol. The Morgan fingerprint density at radius 2 is 1.69 bits per heavy atom. The second-order valence-electron chi connectivity index (χ2n) is 8.77. The molecule has 2 aromatic carbocycles. The molecule has 182 valence electrons. The maximum atomic E-state index is 13.7. The van der Waals surface area contributed by atoms with Gasteiger partial charge in [0, 0.05) is 33.7 Å². The van der Waals surface area contributed by atoms with Gasteiger partial charge in [-0.05, 0) is 67.8 Å². The van der Waals surface area contributed by atoms with Crippen molar-refractivity contribution in [3.05, 3.63) is 83.8 Å². The molecular formula is C26H24F3N3O2S. The summed E-state index contributed by atoms with van der Waals surface area (Å²) in [7, 11) is -1.13. The van der Waals surface area contributed by atoms with Gasteiger partial charge in [-0.25, -0.2) is 9.67 Å². The SMILES string of the molecule is Cc1cc(-c2cccc(S(C)=O)c2)ccc1-c1cc(C(C)(C)O)nn1-c1cccnc1C(F)(F)F. The molecule has 1 atom stereocenters. The Labute approximate surface area is 203 Å². The molecule has 1 N–H and O–H groups in total. The van der Waals surface area contributed by atoms with Crippen molar-refractivity contribution in [2.75, 3.05) is 6.26 Å². The summed E-state index contributed by atoms with van der Waals surface area (Å²) >= 11 is 0. The number of nitrogens with zero attached hydrogens (tertiary/aromatic N) is 3. The molecule has 35 heavy (non-hydrogen) atoms. The van der Waals surface area contributed by atoms with Crippen LogP contribution in [0.15, 0.2) is 71.8 Å². The lowest BCUT2D eigenvalue weighted by Gasteiger charge is -2.16. The van der Waals surface area contributed by atoms with Crippen molar-refractivity contribution in [2.24, 2.45) is 0 Å². The molecule has 4 aromatic rings. The normalized spacial score (nSPS) is 13.1. The molecule has 9 heteroatoms. The average molecular weight is 500 g/mol. The first-order chi connectivity index (χ1) is 16.4. The van der Waals surface area contributed by atoms with E-state index in [0.29, 0.717) is 16.2 Å². The third-order valence-corrected chi connectivity index (χ3v) is 6.54. The summed E-state index contributed by atoms with van der Waals surface area (Å²) in [6.45, 7) is 4.91. The molecule has 0 radical (unpaired) electrons. The monoisotopic (exact) mass is 499 g/mol. The third-order valence-electron chi connectivity index (χ3n) is 5.62. The number of benzene rings is 2. The molecular weight excluding hydrogens is 475 g/mol. The molecule has 0 aliphatic heterocycles. The van der Waals surface area contributed by atoms with Crippen molar-refractivity contribution in [2.45, 2.75) is 37.4 Å². The Bertz CT molecular complexity index is 1420. The number of hydrogen-bond donors (Lipinski definition) is 1. The van der Waals surface area contributed by atoms with Gasteiger partial charge in [0.1, 0.15) is 5.60 Å². The predicted octanol–water partition coefficient (Wildman–Crippen LogP) is 5.89. The van der Waals surface area contributed by atoms with Gasteiger partial charge in [0.05, 0.1) is 17.1 Å². The van der Waals surface area contributed by atoms with E-state index in [9.17, 15) is 22.5 Å². The van der Waals surface area contributed by atoms with Crippen molar-refractivity contribution in [3.8, 4) is 28.1 Å². The summed E-state index contributed by atoms with van der Waals surface area (Å²) in [5, 5.41) is 14.9. The van der Waals surface area contributed by atoms with Crippen LogP contribution in [-0.2, 0) is 22.6 Å². The number of aromatic nitrogens is 3. The molecule has 2 aromatic heterocycles. The highest BCUT2D eigenvalue weighted by atomic mass is 32.2. The van der Waals surface area contributed by atoms with Crippen LogP contribution in [0.4, 0.5) is 13.2 Å². The molecule has 0 saturated heterocycles. The number of hydrogen-bond acceptors (Lipinski definition) is 4. The fraction of sp³-hybridized carbons (Fsp3) is 0.231. The van der Waals surface area contributed by atoms with Crippen LogP contribution < -0.4 is 0 Å². The van der Waals surface area contributed by atoms with Crippen LogP contribution in [-0.4, -0.2) is 30.3 Å². The van der Waals surface area contributed by atoms with Crippen molar-refractivity contribution < 1.29 is 22.5 Å². The second-order valence-corrected chi connectivity index (χ2v) is 10.1. The summed E-state index contributed by atoms with van der Waals surface area (Å²) in [5.41, 5.74) is 1.17. The zero-order valence-corrected chi connectivity index (χ0v) is 20.4. The molecule has 0 amide bonds. The first kappa shape index (κ1) is 24.8. The van der Waals surface area contributed by atoms with Gasteiger partial charge in [-0.2, -0.15) is 18.3 Å². The van der Waals surface area contributed by atoms with Crippen molar-refractivity contribution >= 4 is 10.8 Å². The minimum absolute atomic E-state index is 0.228. The highest BCUT2D eigenvalue weighted by molar-refractivity contribution is 7.84. The molecule has 1 unspecified atom stereocenters. The Morgan fingerprint density at radius 3 is 2.31 bits per heavy atom. The molecule has 0 bridgehead atoms. The number of halogens is 3. The number of rotatable bonds is 5. The zero-order chi connectivity index (χ0) is 25.5. The van der Waals surface area contributed by atoms with E-state index in [-0.39, 0.29) is 11.4 Å². The Kier molecular flexibility index (Phi) is 6.42. The van der Waals surface area contributed by atoms with Gasteiger partial charge in [0.15, 0.2) is 5.69 Å². The van der Waals surface area contributed by atoms with E-state index in [1.165, 1.54) is 30.7 Å². The molecule has 5 nitrogen and oxygen atoms in total. The van der Waals surface area contributed by atoms with E-state index in [2.05, 4.69) is 10.1 Å². The summed E-state index contributed by atoms with van der Waals surface area (Å²) in [6, 6.07) is 17.3. The van der Waals surface area contributed by atoms with Crippen LogP contribution in [0, 0.1) is 6.92 Å². The van der Waals surface area contributed by atoms with Crippen LogP contribution in [0.5, 0.6) is 0 Å². The molecule has 4 rings (SSSR count). The largest absolute Gasteiger partial charge is 0.435 e. The van der Waals surface area contributed by atoms with Gasteiger partial charge >= 0.3 is 6.18 Å². The number of aliphatic hydroxyl groups is 1. The molecule has 0 saturated carbocycles. The van der Waals surface area contributed by atoms with Crippen LogP contribution in [0.1, 0.15) is 30.8 Å². The minimum Gasteiger partial charge on any atom is -0.384 e. The maximum absolute atomic E-state index is 13.7. The van der Waals surface area contributed by atoms with Crippen molar-refractivity contribution in [1.29, 1.82) is 0 Å². The molecule has 2 heterocycles. The smallest absolute Gasteiger partial charge is 0.384 e. The summed E-state index contributed by atoms with van der Waals surface area (Å²) < 4.78 is 54.3. The van der Waals surface area contributed by atoms with Gasteiger partial charge in [-0.15, -0.1) is 0 Å². The number of alkyl halides is 3. The fourth-order valence-corrected chi connectivity index (χ4v) is 4.39. The van der Waals surface area contributed by atoms with Crippen LogP contribution in [0.3, 0.4) is 0 Å². The fourth-order valence-electron chi connectivity index (χ4n) is 3.83. The lowest BCUT2D eigenvalue weighted by molar-refractivity contribution is -0.141. The lowest BCUT2D eigenvalue weighted by atomic mass is 9.97. The molecule has 0 spiro atoms. The van der Waals surface area contributed by atoms with E-state index >= 15 is 0 Å². The second kappa shape index (κ2) is 9.05. The van der Waals surface area contributed by atoms with E-state index in [4.69, 9.17) is 0 Å². The van der Waals surface area contributed by atoms with Gasteiger partial charge in [0.25, 0.3) is 0 Å². The van der Waals surface area contributed by atoms with E-state index in [1.807, 2.05) is 43.3 Å². The Hall–Kier alpha value is -3.30. The summed E-state index contributed by atoms with van der Waals surface area (Å²) in [5.74, 6) is 0. The van der Waals surface area contributed by atoms with E-state index < -0.39 is 28.3 Å². The molecule has 0 aliphatic rings. The topological polar surface area (TPSA) is 68.0 Å². The first-order valence-corrected chi connectivity index (χ1v) is 12.3. The van der Waals surface area contributed by atoms with Gasteiger partial charge in [-0.1, -0.05) is 30.3 Å². The zero-order valence-electron chi connectivity index (χ0n) is 19.6. The van der Waals surface area contributed by atoms with Crippen molar-refractivity contribution in [3.63, 3.8) is 0 Å². The van der Waals surface area contributed by atoms with E-state index in [0.717, 1.165) is 22.9 Å². The first-order valence-electron chi connectivity index (χ1n) is 10.8. The molecule has 0 fully saturated rings. The third kappa shape index (κ3) is 5.06. The summed E-state index contributed by atoms with van der Waals surface area (Å²) in [6.07, 6.45) is -1.98. The lowest BCUT2D eigenvalue weighted by Crippen LogP contribution is -2.18.